The second-order valence-corrected chi connectivity index (χ2v) is 6.25. The molecule has 4 nitrogen and oxygen atoms in total. The van der Waals surface area contributed by atoms with Crippen molar-refractivity contribution in [3.8, 4) is 5.75 Å². The number of aromatic nitrogens is 1. The van der Waals surface area contributed by atoms with Gasteiger partial charge in [-0.2, -0.15) is 8.42 Å². The van der Waals surface area contributed by atoms with Crippen LogP contribution < -0.4 is 4.18 Å². The fourth-order valence-corrected chi connectivity index (χ4v) is 2.98. The minimum Gasteiger partial charge on any atom is -0.378 e. The Balaban J connectivity index is 2.03. The third-order valence-corrected chi connectivity index (χ3v) is 4.40. The smallest absolute Gasteiger partial charge is 0.339 e. The van der Waals surface area contributed by atoms with Gasteiger partial charge in [0.05, 0.1) is 0 Å². The van der Waals surface area contributed by atoms with Crippen LogP contribution in [0.4, 0.5) is 0 Å². The third-order valence-electron chi connectivity index (χ3n) is 3.15. The van der Waals surface area contributed by atoms with Crippen LogP contribution in [0.5, 0.6) is 5.75 Å². The average Bonchev–Trinajstić information content (AvgIpc) is 2.48. The lowest BCUT2D eigenvalue weighted by atomic mass is 10.2. The van der Waals surface area contributed by atoms with Crippen molar-refractivity contribution in [1.82, 2.24) is 4.98 Å². The van der Waals surface area contributed by atoms with E-state index >= 15 is 0 Å². The van der Waals surface area contributed by atoms with Crippen molar-refractivity contribution in [1.29, 1.82) is 0 Å². The van der Waals surface area contributed by atoms with E-state index in [0.29, 0.717) is 11.1 Å². The summed E-state index contributed by atoms with van der Waals surface area (Å²) in [6, 6.07) is 13.5. The largest absolute Gasteiger partial charge is 0.378 e. The first-order valence-corrected chi connectivity index (χ1v) is 7.81. The Morgan fingerprint density at radius 1 is 1.00 bits per heavy atom. The highest BCUT2D eigenvalue weighted by molar-refractivity contribution is 7.87. The lowest BCUT2D eigenvalue weighted by Crippen LogP contribution is -2.09. The molecule has 1 aromatic heterocycles. The van der Waals surface area contributed by atoms with Gasteiger partial charge >= 0.3 is 10.1 Å². The van der Waals surface area contributed by atoms with Crippen LogP contribution in [0.15, 0.2) is 65.8 Å². The van der Waals surface area contributed by atoms with E-state index in [1.54, 1.807) is 42.7 Å². The normalized spacial score (nSPS) is 11.5. The highest BCUT2D eigenvalue weighted by atomic mass is 32.2. The number of fused-ring (bicyclic) bond motifs is 1. The first-order valence-electron chi connectivity index (χ1n) is 6.40. The van der Waals surface area contributed by atoms with Gasteiger partial charge in [-0.15, -0.1) is 0 Å². The molecular weight excluding hydrogens is 286 g/mol. The molecule has 0 radical (unpaired) electrons. The second-order valence-electron chi connectivity index (χ2n) is 4.70. The summed E-state index contributed by atoms with van der Waals surface area (Å²) < 4.78 is 29.9. The molecule has 0 fully saturated rings. The number of hydrogen-bond acceptors (Lipinski definition) is 4. The van der Waals surface area contributed by atoms with Crippen LogP contribution in [0.2, 0.25) is 0 Å². The molecule has 3 rings (SSSR count). The molecule has 0 bridgehead atoms. The number of pyridine rings is 1. The number of hydrogen-bond donors (Lipinski definition) is 0. The molecule has 5 heteroatoms. The van der Waals surface area contributed by atoms with E-state index in [1.807, 2.05) is 13.0 Å². The maximum atomic E-state index is 12.3. The molecule has 0 saturated heterocycles. The Hall–Kier alpha value is -2.40. The molecule has 0 N–H and O–H groups in total. The summed E-state index contributed by atoms with van der Waals surface area (Å²) in [6.45, 7) is 1.90. The number of rotatable bonds is 3. The average molecular weight is 299 g/mol. The molecule has 2 aromatic carbocycles. The highest BCUT2D eigenvalue weighted by Gasteiger charge is 2.17. The molecule has 0 aliphatic carbocycles. The van der Waals surface area contributed by atoms with Crippen LogP contribution in [-0.2, 0) is 10.1 Å². The first kappa shape index (κ1) is 13.6. The van der Waals surface area contributed by atoms with Crippen LogP contribution in [0.3, 0.4) is 0 Å². The Kier molecular flexibility index (Phi) is 3.35. The molecule has 0 atom stereocenters. The summed E-state index contributed by atoms with van der Waals surface area (Å²) in [7, 11) is -3.84. The zero-order chi connectivity index (χ0) is 14.9. The van der Waals surface area contributed by atoms with Crippen molar-refractivity contribution < 1.29 is 12.6 Å². The summed E-state index contributed by atoms with van der Waals surface area (Å²) in [5.41, 5.74) is 0.991. The van der Waals surface area contributed by atoms with E-state index < -0.39 is 10.1 Å². The predicted octanol–water partition coefficient (Wildman–Crippen LogP) is 3.31. The molecule has 3 aromatic rings. The van der Waals surface area contributed by atoms with Crippen LogP contribution in [0.1, 0.15) is 5.56 Å². The summed E-state index contributed by atoms with van der Waals surface area (Å²) >= 11 is 0. The van der Waals surface area contributed by atoms with Crippen molar-refractivity contribution in [2.75, 3.05) is 0 Å². The van der Waals surface area contributed by atoms with Gasteiger partial charge in [0, 0.05) is 23.2 Å². The monoisotopic (exact) mass is 299 g/mol. The lowest BCUT2D eigenvalue weighted by Gasteiger charge is -2.09. The van der Waals surface area contributed by atoms with Crippen molar-refractivity contribution in [3.05, 3.63) is 66.5 Å². The molecule has 0 unspecified atom stereocenters. The number of benzene rings is 2. The van der Waals surface area contributed by atoms with E-state index in [0.717, 1.165) is 10.9 Å². The van der Waals surface area contributed by atoms with Crippen molar-refractivity contribution in [2.24, 2.45) is 0 Å². The molecule has 106 valence electrons. The van der Waals surface area contributed by atoms with Gasteiger partial charge in [-0.3, -0.25) is 4.98 Å². The van der Waals surface area contributed by atoms with Crippen LogP contribution in [-0.4, -0.2) is 13.4 Å². The summed E-state index contributed by atoms with van der Waals surface area (Å²) in [5, 5.41) is 1.54. The number of aryl methyl sites for hydroxylation is 1. The van der Waals surface area contributed by atoms with Crippen LogP contribution in [0.25, 0.3) is 10.8 Å². The quantitative estimate of drug-likeness (QED) is 0.696. The molecular formula is C16H13NO3S. The van der Waals surface area contributed by atoms with Gasteiger partial charge in [-0.25, -0.2) is 0 Å². The highest BCUT2D eigenvalue weighted by Crippen LogP contribution is 2.27. The lowest BCUT2D eigenvalue weighted by molar-refractivity contribution is 0.488. The van der Waals surface area contributed by atoms with E-state index in [2.05, 4.69) is 4.98 Å². The Bertz CT molecular complexity index is 882. The Morgan fingerprint density at radius 2 is 1.76 bits per heavy atom. The third kappa shape index (κ3) is 2.73. The van der Waals surface area contributed by atoms with Gasteiger partial charge in [-0.05, 0) is 31.2 Å². The minimum atomic E-state index is -3.84. The molecule has 1 heterocycles. The fraction of sp³-hybridized carbons (Fsp3) is 0.0625. The van der Waals surface area contributed by atoms with E-state index in [9.17, 15) is 8.42 Å². The van der Waals surface area contributed by atoms with Crippen molar-refractivity contribution >= 4 is 20.9 Å². The maximum absolute atomic E-state index is 12.3. The summed E-state index contributed by atoms with van der Waals surface area (Å²) in [6.07, 6.45) is 3.27. The van der Waals surface area contributed by atoms with E-state index in [-0.39, 0.29) is 4.90 Å². The molecule has 0 spiro atoms. The van der Waals surface area contributed by atoms with Gasteiger partial charge in [0.1, 0.15) is 4.90 Å². The fourth-order valence-electron chi connectivity index (χ4n) is 2.04. The van der Waals surface area contributed by atoms with Gasteiger partial charge in [0.2, 0.25) is 0 Å². The second kappa shape index (κ2) is 5.18. The van der Waals surface area contributed by atoms with Crippen molar-refractivity contribution in [3.63, 3.8) is 0 Å². The zero-order valence-electron chi connectivity index (χ0n) is 11.4. The van der Waals surface area contributed by atoms with E-state index in [4.69, 9.17) is 4.18 Å². The minimum absolute atomic E-state index is 0.138. The SMILES string of the molecule is Cc1ccc(S(=O)(=O)Oc2cccc3cnccc23)cc1. The molecule has 0 amide bonds. The van der Waals surface area contributed by atoms with Crippen LogP contribution >= 0.6 is 0 Å². The summed E-state index contributed by atoms with van der Waals surface area (Å²) in [4.78, 5) is 4.15. The molecule has 0 aliphatic rings. The van der Waals surface area contributed by atoms with Crippen molar-refractivity contribution in [2.45, 2.75) is 11.8 Å². The van der Waals surface area contributed by atoms with Gasteiger partial charge in [0.15, 0.2) is 5.75 Å². The standard InChI is InChI=1S/C16H13NO3S/c1-12-5-7-14(8-6-12)21(18,19)20-16-4-2-3-13-11-17-10-9-15(13)16/h2-11H,1H3. The molecule has 0 aliphatic heterocycles. The summed E-state index contributed by atoms with van der Waals surface area (Å²) in [5.74, 6) is 0.301. The van der Waals surface area contributed by atoms with Gasteiger partial charge in [-0.1, -0.05) is 29.8 Å². The van der Waals surface area contributed by atoms with E-state index in [1.165, 1.54) is 12.1 Å². The van der Waals surface area contributed by atoms with Gasteiger partial charge in [0.25, 0.3) is 0 Å². The predicted molar refractivity (Wildman–Crippen MR) is 80.7 cm³/mol. The molecule has 21 heavy (non-hydrogen) atoms. The maximum Gasteiger partial charge on any atom is 0.339 e. The van der Waals surface area contributed by atoms with Gasteiger partial charge < -0.3 is 4.18 Å². The first-order chi connectivity index (χ1) is 10.1. The Labute approximate surface area is 123 Å². The Morgan fingerprint density at radius 3 is 2.52 bits per heavy atom. The number of nitrogens with zero attached hydrogens (tertiary/aromatic N) is 1. The molecule has 0 saturated carbocycles. The zero-order valence-corrected chi connectivity index (χ0v) is 12.2. The van der Waals surface area contributed by atoms with Crippen LogP contribution in [0, 0.1) is 6.92 Å². The topological polar surface area (TPSA) is 56.3 Å².